The van der Waals surface area contributed by atoms with E-state index >= 15 is 0 Å². The summed E-state index contributed by atoms with van der Waals surface area (Å²) in [6, 6.07) is 9.96. The number of nitrogen functional groups attached to an aromatic ring is 1. The predicted molar refractivity (Wildman–Crippen MR) is 92.8 cm³/mol. The topological polar surface area (TPSA) is 69.6 Å². The molecule has 0 saturated carbocycles. The lowest BCUT2D eigenvalue weighted by molar-refractivity contribution is 0.840. The van der Waals surface area contributed by atoms with Gasteiger partial charge in [-0.05, 0) is 44.0 Å². The van der Waals surface area contributed by atoms with E-state index in [9.17, 15) is 0 Å². The van der Waals surface area contributed by atoms with Gasteiger partial charge in [0.2, 0.25) is 0 Å². The van der Waals surface area contributed by atoms with Crippen molar-refractivity contribution in [2.24, 2.45) is 0 Å². The van der Waals surface area contributed by atoms with Crippen LogP contribution in [0.2, 0.25) is 0 Å². The molecule has 0 saturated heterocycles. The van der Waals surface area contributed by atoms with Crippen molar-refractivity contribution in [3.05, 3.63) is 53.3 Å². The molecule has 0 spiro atoms. The highest BCUT2D eigenvalue weighted by atomic mass is 15.3. The van der Waals surface area contributed by atoms with Crippen LogP contribution in [0.25, 0.3) is 27.8 Å². The number of hydrogen-bond donors (Lipinski definition) is 1. The second-order valence-corrected chi connectivity index (χ2v) is 5.83. The number of rotatable bonds is 1. The molecule has 1 aromatic carbocycles. The van der Waals surface area contributed by atoms with Crippen LogP contribution in [0.3, 0.4) is 0 Å². The first kappa shape index (κ1) is 13.7. The molecular formula is C18H17N5. The number of fused-ring (bicyclic) bond motifs is 2. The third-order valence-corrected chi connectivity index (χ3v) is 4.23. The normalized spacial score (nSPS) is 11.4. The second kappa shape index (κ2) is 4.78. The van der Waals surface area contributed by atoms with Crippen LogP contribution in [0.5, 0.6) is 0 Å². The zero-order chi connectivity index (χ0) is 16.1. The zero-order valence-corrected chi connectivity index (χ0v) is 13.3. The molecule has 0 atom stereocenters. The summed E-state index contributed by atoms with van der Waals surface area (Å²) in [6.07, 6.45) is 1.76. The number of nitrogens with zero attached hydrogens (tertiary/aromatic N) is 4. The van der Waals surface area contributed by atoms with Crippen LogP contribution in [-0.2, 0) is 0 Å². The minimum atomic E-state index is 0.737. The van der Waals surface area contributed by atoms with Crippen LogP contribution in [0.4, 0.5) is 5.69 Å². The van der Waals surface area contributed by atoms with Crippen molar-refractivity contribution in [3.8, 4) is 5.82 Å². The maximum atomic E-state index is 6.47. The molecule has 114 valence electrons. The molecule has 0 aliphatic rings. The van der Waals surface area contributed by atoms with Crippen LogP contribution < -0.4 is 5.73 Å². The number of benzene rings is 1. The van der Waals surface area contributed by atoms with Gasteiger partial charge >= 0.3 is 0 Å². The van der Waals surface area contributed by atoms with E-state index in [1.165, 1.54) is 0 Å². The summed E-state index contributed by atoms with van der Waals surface area (Å²) in [5.74, 6) is 0.782. The van der Waals surface area contributed by atoms with E-state index < -0.39 is 0 Å². The molecule has 3 aromatic heterocycles. The van der Waals surface area contributed by atoms with Crippen LogP contribution in [0, 0.1) is 20.8 Å². The highest BCUT2D eigenvalue weighted by molar-refractivity contribution is 6.08. The molecule has 4 rings (SSSR count). The number of nitrogens with two attached hydrogens (primary N) is 1. The minimum Gasteiger partial charge on any atom is -0.398 e. The molecule has 0 aliphatic heterocycles. The molecule has 0 amide bonds. The molecule has 0 aliphatic carbocycles. The Labute approximate surface area is 133 Å². The van der Waals surface area contributed by atoms with Gasteiger partial charge in [0.1, 0.15) is 0 Å². The van der Waals surface area contributed by atoms with Crippen molar-refractivity contribution >= 4 is 27.6 Å². The monoisotopic (exact) mass is 303 g/mol. The lowest BCUT2D eigenvalue weighted by Crippen LogP contribution is -2.03. The number of anilines is 1. The maximum Gasteiger partial charge on any atom is 0.167 e. The first-order valence-electron chi connectivity index (χ1n) is 7.54. The fourth-order valence-electron chi connectivity index (χ4n) is 3.12. The van der Waals surface area contributed by atoms with Gasteiger partial charge in [-0.25, -0.2) is 9.97 Å². The van der Waals surface area contributed by atoms with Crippen molar-refractivity contribution < 1.29 is 0 Å². The van der Waals surface area contributed by atoms with Crippen LogP contribution in [0.15, 0.2) is 36.5 Å². The van der Waals surface area contributed by atoms with Gasteiger partial charge in [0, 0.05) is 11.6 Å². The van der Waals surface area contributed by atoms with Crippen molar-refractivity contribution in [2.75, 3.05) is 5.73 Å². The van der Waals surface area contributed by atoms with Crippen LogP contribution in [-0.4, -0.2) is 19.7 Å². The van der Waals surface area contributed by atoms with E-state index in [0.717, 1.165) is 50.3 Å². The summed E-state index contributed by atoms with van der Waals surface area (Å²) >= 11 is 0. The lowest BCUT2D eigenvalue weighted by Gasteiger charge is -2.09. The third-order valence-electron chi connectivity index (χ3n) is 4.23. The average molecular weight is 303 g/mol. The molecule has 5 heteroatoms. The van der Waals surface area contributed by atoms with Crippen molar-refractivity contribution in [3.63, 3.8) is 0 Å². The lowest BCUT2D eigenvalue weighted by atomic mass is 10.1. The smallest absolute Gasteiger partial charge is 0.167 e. The van der Waals surface area contributed by atoms with Gasteiger partial charge in [-0.15, -0.1) is 0 Å². The molecule has 3 heterocycles. The fourth-order valence-corrected chi connectivity index (χ4v) is 3.12. The maximum absolute atomic E-state index is 6.47. The van der Waals surface area contributed by atoms with Crippen LogP contribution >= 0.6 is 0 Å². The molecule has 0 bridgehead atoms. The molecule has 2 N–H and O–H groups in total. The Morgan fingerprint density at radius 3 is 2.52 bits per heavy atom. The summed E-state index contributed by atoms with van der Waals surface area (Å²) in [6.45, 7) is 6.02. The number of pyridine rings is 2. The highest BCUT2D eigenvalue weighted by Crippen LogP contribution is 2.33. The Bertz CT molecular complexity index is 1060. The molecule has 23 heavy (non-hydrogen) atoms. The van der Waals surface area contributed by atoms with E-state index in [-0.39, 0.29) is 0 Å². The number of aryl methyl sites for hydroxylation is 3. The first-order chi connectivity index (χ1) is 11.1. The van der Waals surface area contributed by atoms with Crippen LogP contribution in [0.1, 0.15) is 16.8 Å². The zero-order valence-electron chi connectivity index (χ0n) is 13.3. The van der Waals surface area contributed by atoms with Gasteiger partial charge in [0.25, 0.3) is 0 Å². The second-order valence-electron chi connectivity index (χ2n) is 5.83. The Morgan fingerprint density at radius 1 is 0.957 bits per heavy atom. The summed E-state index contributed by atoms with van der Waals surface area (Å²) in [5, 5.41) is 6.55. The Hall–Kier alpha value is -2.95. The van der Waals surface area contributed by atoms with E-state index in [1.807, 2.05) is 38.1 Å². The molecule has 0 fully saturated rings. The number of aromatic nitrogens is 4. The van der Waals surface area contributed by atoms with Gasteiger partial charge in [0.15, 0.2) is 11.5 Å². The van der Waals surface area contributed by atoms with Crippen molar-refractivity contribution in [1.82, 2.24) is 19.7 Å². The van der Waals surface area contributed by atoms with Gasteiger partial charge in [0.05, 0.1) is 22.3 Å². The summed E-state index contributed by atoms with van der Waals surface area (Å²) in [4.78, 5) is 9.28. The quantitative estimate of drug-likeness (QED) is 0.584. The summed E-state index contributed by atoms with van der Waals surface area (Å²) in [5.41, 5.74) is 11.9. The highest BCUT2D eigenvalue weighted by Gasteiger charge is 2.18. The van der Waals surface area contributed by atoms with Gasteiger partial charge in [-0.2, -0.15) is 9.78 Å². The van der Waals surface area contributed by atoms with Crippen molar-refractivity contribution in [1.29, 1.82) is 0 Å². The molecule has 0 unspecified atom stereocenters. The summed E-state index contributed by atoms with van der Waals surface area (Å²) < 4.78 is 1.79. The molecular weight excluding hydrogens is 286 g/mol. The standard InChI is InChI=1S/C18H17N5/c1-10-6-4-8-13-14(10)16(19)15-12(3)22-23(18(15)21-13)17-11(2)7-5-9-20-17/h4-9H,1-3H3,(H2,19,21). The average Bonchev–Trinajstić information content (AvgIpc) is 2.85. The molecule has 4 aromatic rings. The van der Waals surface area contributed by atoms with Gasteiger partial charge < -0.3 is 5.73 Å². The van der Waals surface area contributed by atoms with E-state index in [2.05, 4.69) is 23.1 Å². The SMILES string of the molecule is Cc1cccnc1-n1nc(C)c2c(N)c3c(C)cccc3nc21. The number of hydrogen-bond acceptors (Lipinski definition) is 4. The predicted octanol–water partition coefficient (Wildman–Crippen LogP) is 3.48. The fraction of sp³-hybridized carbons (Fsp3) is 0.167. The van der Waals surface area contributed by atoms with E-state index in [1.54, 1.807) is 10.9 Å². The molecule has 5 nitrogen and oxygen atoms in total. The van der Waals surface area contributed by atoms with E-state index in [0.29, 0.717) is 0 Å². The Kier molecular flexibility index (Phi) is 2.84. The summed E-state index contributed by atoms with van der Waals surface area (Å²) in [7, 11) is 0. The minimum absolute atomic E-state index is 0.737. The first-order valence-corrected chi connectivity index (χ1v) is 7.54. The Morgan fingerprint density at radius 2 is 1.74 bits per heavy atom. The Balaban J connectivity index is 2.18. The van der Waals surface area contributed by atoms with Gasteiger partial charge in [-0.1, -0.05) is 18.2 Å². The van der Waals surface area contributed by atoms with E-state index in [4.69, 9.17) is 10.7 Å². The third kappa shape index (κ3) is 1.90. The largest absolute Gasteiger partial charge is 0.398 e. The van der Waals surface area contributed by atoms with Gasteiger partial charge in [-0.3, -0.25) is 0 Å². The molecule has 0 radical (unpaired) electrons. The van der Waals surface area contributed by atoms with Crippen molar-refractivity contribution in [2.45, 2.75) is 20.8 Å².